The van der Waals surface area contributed by atoms with Gasteiger partial charge in [-0.15, -0.1) is 0 Å². The zero-order valence-corrected chi connectivity index (χ0v) is 11.0. The Morgan fingerprint density at radius 3 is 2.79 bits per heavy atom. The Morgan fingerprint density at radius 1 is 1.32 bits per heavy atom. The third-order valence-electron chi connectivity index (χ3n) is 2.93. The lowest BCUT2D eigenvalue weighted by Crippen LogP contribution is -2.06. The highest BCUT2D eigenvalue weighted by molar-refractivity contribution is 6.19. The summed E-state index contributed by atoms with van der Waals surface area (Å²) in [5, 5.41) is 13.8. The van der Waals surface area contributed by atoms with Crippen LogP contribution in [-0.4, -0.2) is 16.6 Å². The summed E-state index contributed by atoms with van der Waals surface area (Å²) in [6, 6.07) is 5.25. The van der Waals surface area contributed by atoms with Gasteiger partial charge in [0.05, 0.1) is 11.4 Å². The monoisotopic (exact) mass is 256 g/mol. The molecule has 0 atom stereocenters. The molecule has 0 bridgehead atoms. The van der Waals surface area contributed by atoms with Crippen molar-refractivity contribution < 1.29 is 9.90 Å². The number of hydrogen-bond donors (Lipinski definition) is 2. The first-order valence-corrected chi connectivity index (χ1v) is 6.16. The highest BCUT2D eigenvalue weighted by atomic mass is 16.3. The van der Waals surface area contributed by atoms with Crippen LogP contribution in [0.3, 0.4) is 0 Å². The van der Waals surface area contributed by atoms with Gasteiger partial charge >= 0.3 is 0 Å². The summed E-state index contributed by atoms with van der Waals surface area (Å²) in [7, 11) is 0. The quantitative estimate of drug-likeness (QED) is 0.496. The molecule has 19 heavy (non-hydrogen) atoms. The van der Waals surface area contributed by atoms with Gasteiger partial charge < -0.3 is 5.11 Å². The first-order valence-electron chi connectivity index (χ1n) is 6.16. The number of anilines is 1. The average Bonchev–Trinajstić information content (AvgIpc) is 2.41. The van der Waals surface area contributed by atoms with Crippen molar-refractivity contribution in [2.45, 2.75) is 20.3 Å². The van der Waals surface area contributed by atoms with Gasteiger partial charge in [0, 0.05) is 0 Å². The molecule has 0 unspecified atom stereocenters. The van der Waals surface area contributed by atoms with Crippen LogP contribution in [0.15, 0.2) is 47.1 Å². The van der Waals surface area contributed by atoms with E-state index in [2.05, 4.69) is 10.5 Å². The van der Waals surface area contributed by atoms with Gasteiger partial charge in [0.25, 0.3) is 0 Å². The molecule has 0 fully saturated rings. The first-order chi connectivity index (χ1) is 9.10. The lowest BCUT2D eigenvalue weighted by Gasteiger charge is -2.07. The second-order valence-electron chi connectivity index (χ2n) is 4.37. The number of rotatable bonds is 3. The van der Waals surface area contributed by atoms with E-state index in [4.69, 9.17) is 0 Å². The van der Waals surface area contributed by atoms with Gasteiger partial charge in [0.2, 0.25) is 0 Å². The number of phenolic OH excluding ortho intramolecular Hbond substituents is 1. The molecule has 4 heteroatoms. The maximum absolute atomic E-state index is 11.3. The number of hydrazone groups is 1. The molecule has 1 aromatic carbocycles. The SMILES string of the molecule is CCc1cc(N/N=C2\C=CC(=O)C(C)=C2)ccc1O. The number of aromatic hydroxyl groups is 1. The molecular weight excluding hydrogens is 240 g/mol. The predicted molar refractivity (Wildman–Crippen MR) is 76.4 cm³/mol. The highest BCUT2D eigenvalue weighted by Crippen LogP contribution is 2.21. The van der Waals surface area contributed by atoms with E-state index in [0.29, 0.717) is 17.0 Å². The molecule has 2 N–H and O–H groups in total. The Kier molecular flexibility index (Phi) is 3.80. The summed E-state index contributed by atoms with van der Waals surface area (Å²) in [6.07, 6.45) is 5.66. The van der Waals surface area contributed by atoms with Gasteiger partial charge in [-0.1, -0.05) is 6.92 Å². The summed E-state index contributed by atoms with van der Waals surface area (Å²) < 4.78 is 0. The molecule has 0 radical (unpaired) electrons. The molecule has 0 heterocycles. The lowest BCUT2D eigenvalue weighted by atomic mass is 10.1. The molecule has 0 saturated heterocycles. The van der Waals surface area contributed by atoms with Crippen molar-refractivity contribution in [2.75, 3.05) is 5.43 Å². The molecule has 98 valence electrons. The summed E-state index contributed by atoms with van der Waals surface area (Å²) >= 11 is 0. The van der Waals surface area contributed by atoms with E-state index in [1.54, 1.807) is 31.2 Å². The summed E-state index contributed by atoms with van der Waals surface area (Å²) in [5.74, 6) is 0.302. The minimum absolute atomic E-state index is 0.0110. The molecule has 0 aliphatic heterocycles. The van der Waals surface area contributed by atoms with Crippen molar-refractivity contribution in [1.29, 1.82) is 0 Å². The summed E-state index contributed by atoms with van der Waals surface area (Å²) in [6.45, 7) is 3.74. The van der Waals surface area contributed by atoms with Crippen LogP contribution in [0.4, 0.5) is 5.69 Å². The fourth-order valence-electron chi connectivity index (χ4n) is 1.77. The first kappa shape index (κ1) is 13.1. The number of nitrogens with zero attached hydrogens (tertiary/aromatic N) is 1. The molecule has 1 aliphatic rings. The molecule has 4 nitrogen and oxygen atoms in total. The molecular formula is C15H16N2O2. The van der Waals surface area contributed by atoms with Crippen LogP contribution in [0.1, 0.15) is 19.4 Å². The van der Waals surface area contributed by atoms with E-state index in [1.165, 1.54) is 6.08 Å². The Labute approximate surface area is 112 Å². The largest absolute Gasteiger partial charge is 0.508 e. The van der Waals surface area contributed by atoms with Crippen molar-refractivity contribution in [3.05, 3.63) is 47.6 Å². The predicted octanol–water partition coefficient (Wildman–Crippen LogP) is 2.81. The summed E-state index contributed by atoms with van der Waals surface area (Å²) in [4.78, 5) is 11.3. The molecule has 2 rings (SSSR count). The topological polar surface area (TPSA) is 61.7 Å². The zero-order chi connectivity index (χ0) is 13.8. The van der Waals surface area contributed by atoms with Gasteiger partial charge in [-0.3, -0.25) is 10.2 Å². The van der Waals surface area contributed by atoms with Gasteiger partial charge in [-0.25, -0.2) is 0 Å². The van der Waals surface area contributed by atoms with E-state index in [9.17, 15) is 9.90 Å². The smallest absolute Gasteiger partial charge is 0.181 e. The summed E-state index contributed by atoms with van der Waals surface area (Å²) in [5.41, 5.74) is 5.96. The van der Waals surface area contributed by atoms with Crippen LogP contribution in [0.25, 0.3) is 0 Å². The zero-order valence-electron chi connectivity index (χ0n) is 11.0. The molecule has 0 amide bonds. The third-order valence-corrected chi connectivity index (χ3v) is 2.93. The Hall–Kier alpha value is -2.36. The lowest BCUT2D eigenvalue weighted by molar-refractivity contribution is -0.111. The number of nitrogens with one attached hydrogen (secondary N) is 1. The molecule has 0 aromatic heterocycles. The number of hydrogen-bond acceptors (Lipinski definition) is 4. The second kappa shape index (κ2) is 5.52. The van der Waals surface area contributed by atoms with Crippen molar-refractivity contribution in [3.63, 3.8) is 0 Å². The molecule has 1 aliphatic carbocycles. The van der Waals surface area contributed by atoms with E-state index in [1.807, 2.05) is 13.0 Å². The van der Waals surface area contributed by atoms with Crippen LogP contribution in [0.5, 0.6) is 5.75 Å². The van der Waals surface area contributed by atoms with Crippen LogP contribution < -0.4 is 5.43 Å². The number of phenols is 1. The van der Waals surface area contributed by atoms with E-state index in [0.717, 1.165) is 17.7 Å². The molecule has 1 aromatic rings. The number of carbonyl (C=O) groups is 1. The van der Waals surface area contributed by atoms with Crippen molar-refractivity contribution in [3.8, 4) is 5.75 Å². The van der Waals surface area contributed by atoms with Gasteiger partial charge in [-0.2, -0.15) is 5.10 Å². The van der Waals surface area contributed by atoms with Crippen LogP contribution in [0.2, 0.25) is 0 Å². The van der Waals surface area contributed by atoms with E-state index in [-0.39, 0.29) is 5.78 Å². The number of allylic oxidation sites excluding steroid dienone is 4. The number of aryl methyl sites for hydroxylation is 1. The average molecular weight is 256 g/mol. The van der Waals surface area contributed by atoms with Crippen LogP contribution in [-0.2, 0) is 11.2 Å². The van der Waals surface area contributed by atoms with E-state index >= 15 is 0 Å². The maximum atomic E-state index is 11.3. The third kappa shape index (κ3) is 3.10. The normalized spacial score (nSPS) is 16.6. The van der Waals surface area contributed by atoms with Crippen molar-refractivity contribution in [1.82, 2.24) is 0 Å². The Bertz CT molecular complexity index is 598. The fraction of sp³-hybridized carbons (Fsp3) is 0.200. The highest BCUT2D eigenvalue weighted by Gasteiger charge is 2.07. The number of benzene rings is 1. The van der Waals surface area contributed by atoms with Crippen molar-refractivity contribution >= 4 is 17.2 Å². The minimum atomic E-state index is 0.0110. The van der Waals surface area contributed by atoms with Gasteiger partial charge in [-0.05, 0) is 60.9 Å². The second-order valence-corrected chi connectivity index (χ2v) is 4.37. The van der Waals surface area contributed by atoms with Gasteiger partial charge in [0.1, 0.15) is 5.75 Å². The van der Waals surface area contributed by atoms with Crippen LogP contribution >= 0.6 is 0 Å². The minimum Gasteiger partial charge on any atom is -0.508 e. The number of ketones is 1. The maximum Gasteiger partial charge on any atom is 0.181 e. The fourth-order valence-corrected chi connectivity index (χ4v) is 1.77. The number of carbonyl (C=O) groups excluding carboxylic acids is 1. The van der Waals surface area contributed by atoms with Crippen LogP contribution in [0, 0.1) is 0 Å². The molecule has 0 spiro atoms. The Morgan fingerprint density at radius 2 is 2.11 bits per heavy atom. The van der Waals surface area contributed by atoms with Crippen molar-refractivity contribution in [2.24, 2.45) is 5.10 Å². The van der Waals surface area contributed by atoms with E-state index < -0.39 is 0 Å². The standard InChI is InChI=1S/C15H16N2O2/c1-3-11-9-13(5-7-15(11)19)17-16-12-4-6-14(18)10(2)8-12/h4-9,17,19H,3H2,1-2H3/b16-12+. The molecule has 0 saturated carbocycles. The van der Waals surface area contributed by atoms with Gasteiger partial charge in [0.15, 0.2) is 5.78 Å². The Balaban J connectivity index is 2.15.